The number of hydrogen-bond donors (Lipinski definition) is 1. The van der Waals surface area contributed by atoms with Crippen molar-refractivity contribution < 1.29 is 4.74 Å². The van der Waals surface area contributed by atoms with Gasteiger partial charge in [0.2, 0.25) is 0 Å². The molecule has 18 heavy (non-hydrogen) atoms. The van der Waals surface area contributed by atoms with Crippen LogP contribution >= 0.6 is 0 Å². The maximum Gasteiger partial charge on any atom is 0.124 e. The SMILES string of the molecule is COc1ccccc1C(C)(N)c1cncc(C)c1. The molecule has 94 valence electrons. The van der Waals surface area contributed by atoms with Crippen LogP contribution in [0.4, 0.5) is 0 Å². The first-order chi connectivity index (χ1) is 8.55. The molecule has 3 heteroatoms. The Morgan fingerprint density at radius 1 is 1.22 bits per heavy atom. The molecule has 0 saturated heterocycles. The van der Waals surface area contributed by atoms with Gasteiger partial charge in [0.15, 0.2) is 0 Å². The number of aromatic nitrogens is 1. The molecule has 3 nitrogen and oxygen atoms in total. The minimum Gasteiger partial charge on any atom is -0.496 e. The Morgan fingerprint density at radius 3 is 2.61 bits per heavy atom. The first-order valence-electron chi connectivity index (χ1n) is 5.90. The van der Waals surface area contributed by atoms with Gasteiger partial charge in [0, 0.05) is 18.0 Å². The molecule has 1 heterocycles. The lowest BCUT2D eigenvalue weighted by Gasteiger charge is -2.27. The van der Waals surface area contributed by atoms with E-state index in [9.17, 15) is 0 Å². The third-order valence-corrected chi connectivity index (χ3v) is 3.14. The van der Waals surface area contributed by atoms with Crippen molar-refractivity contribution in [2.45, 2.75) is 19.4 Å². The number of methoxy groups -OCH3 is 1. The topological polar surface area (TPSA) is 48.1 Å². The van der Waals surface area contributed by atoms with Crippen LogP contribution in [-0.2, 0) is 5.54 Å². The molecule has 0 aliphatic rings. The van der Waals surface area contributed by atoms with Crippen LogP contribution < -0.4 is 10.5 Å². The van der Waals surface area contributed by atoms with Crippen LogP contribution in [0.25, 0.3) is 0 Å². The number of para-hydroxylation sites is 1. The highest BCUT2D eigenvalue weighted by molar-refractivity contribution is 5.45. The second kappa shape index (κ2) is 4.78. The smallest absolute Gasteiger partial charge is 0.124 e. The zero-order valence-corrected chi connectivity index (χ0v) is 11.0. The molecule has 1 unspecified atom stereocenters. The molecule has 0 aliphatic carbocycles. The summed E-state index contributed by atoms with van der Waals surface area (Å²) in [6.45, 7) is 3.98. The van der Waals surface area contributed by atoms with E-state index in [1.165, 1.54) is 0 Å². The van der Waals surface area contributed by atoms with Crippen molar-refractivity contribution in [2.24, 2.45) is 5.73 Å². The summed E-state index contributed by atoms with van der Waals surface area (Å²) in [5.74, 6) is 0.795. The van der Waals surface area contributed by atoms with Crippen molar-refractivity contribution in [1.29, 1.82) is 0 Å². The number of aryl methyl sites for hydroxylation is 1. The number of benzene rings is 1. The Hall–Kier alpha value is -1.87. The molecule has 0 saturated carbocycles. The van der Waals surface area contributed by atoms with E-state index in [0.29, 0.717) is 0 Å². The van der Waals surface area contributed by atoms with Crippen molar-refractivity contribution in [1.82, 2.24) is 4.98 Å². The zero-order chi connectivity index (χ0) is 13.2. The van der Waals surface area contributed by atoms with E-state index in [0.717, 1.165) is 22.4 Å². The van der Waals surface area contributed by atoms with Crippen molar-refractivity contribution >= 4 is 0 Å². The molecular weight excluding hydrogens is 224 g/mol. The van der Waals surface area contributed by atoms with Gasteiger partial charge < -0.3 is 10.5 Å². The van der Waals surface area contributed by atoms with Gasteiger partial charge >= 0.3 is 0 Å². The predicted molar refractivity (Wildman–Crippen MR) is 72.6 cm³/mol. The summed E-state index contributed by atoms with van der Waals surface area (Å²) < 4.78 is 5.38. The maximum absolute atomic E-state index is 6.48. The molecule has 1 aromatic heterocycles. The maximum atomic E-state index is 6.48. The lowest BCUT2D eigenvalue weighted by atomic mass is 9.85. The number of nitrogens with two attached hydrogens (primary N) is 1. The van der Waals surface area contributed by atoms with Gasteiger partial charge in [-0.15, -0.1) is 0 Å². The highest BCUT2D eigenvalue weighted by atomic mass is 16.5. The number of nitrogens with zero attached hydrogens (tertiary/aromatic N) is 1. The van der Waals surface area contributed by atoms with Gasteiger partial charge in [0.25, 0.3) is 0 Å². The molecular formula is C15H18N2O. The van der Waals surface area contributed by atoms with Crippen LogP contribution in [0.15, 0.2) is 42.7 Å². The summed E-state index contributed by atoms with van der Waals surface area (Å²) in [4.78, 5) is 4.21. The Bertz CT molecular complexity index is 550. The van der Waals surface area contributed by atoms with Crippen LogP contribution in [0.2, 0.25) is 0 Å². The molecule has 2 rings (SSSR count). The summed E-state index contributed by atoms with van der Waals surface area (Å²) in [6.07, 6.45) is 3.63. The zero-order valence-electron chi connectivity index (χ0n) is 11.0. The van der Waals surface area contributed by atoms with Gasteiger partial charge in [-0.25, -0.2) is 0 Å². The van der Waals surface area contributed by atoms with E-state index >= 15 is 0 Å². The Balaban J connectivity index is 2.54. The molecule has 1 aromatic carbocycles. The van der Waals surface area contributed by atoms with Gasteiger partial charge in [-0.2, -0.15) is 0 Å². The summed E-state index contributed by atoms with van der Waals surface area (Å²) in [5, 5.41) is 0. The lowest BCUT2D eigenvalue weighted by Crippen LogP contribution is -2.34. The Labute approximate surface area is 108 Å². The van der Waals surface area contributed by atoms with Crippen molar-refractivity contribution in [3.63, 3.8) is 0 Å². The van der Waals surface area contributed by atoms with Crippen LogP contribution in [0, 0.1) is 6.92 Å². The molecule has 2 aromatic rings. The van der Waals surface area contributed by atoms with Gasteiger partial charge in [-0.3, -0.25) is 4.98 Å². The summed E-state index contributed by atoms with van der Waals surface area (Å²) in [5.41, 5.74) is 8.90. The van der Waals surface area contributed by atoms with E-state index in [4.69, 9.17) is 10.5 Å². The monoisotopic (exact) mass is 242 g/mol. The van der Waals surface area contributed by atoms with E-state index in [1.54, 1.807) is 13.3 Å². The van der Waals surface area contributed by atoms with Crippen molar-refractivity contribution in [3.8, 4) is 5.75 Å². The quantitative estimate of drug-likeness (QED) is 0.900. The van der Waals surface area contributed by atoms with E-state index in [2.05, 4.69) is 11.1 Å². The van der Waals surface area contributed by atoms with Crippen molar-refractivity contribution in [3.05, 3.63) is 59.4 Å². The Kier molecular flexibility index (Phi) is 3.34. The minimum absolute atomic E-state index is 0.619. The summed E-state index contributed by atoms with van der Waals surface area (Å²) in [7, 11) is 1.66. The van der Waals surface area contributed by atoms with Gasteiger partial charge in [0.1, 0.15) is 5.75 Å². The average molecular weight is 242 g/mol. The van der Waals surface area contributed by atoms with Gasteiger partial charge in [-0.1, -0.05) is 24.3 Å². The Morgan fingerprint density at radius 2 is 1.94 bits per heavy atom. The normalized spacial score (nSPS) is 14.0. The van der Waals surface area contributed by atoms with Crippen LogP contribution in [0.3, 0.4) is 0 Å². The van der Waals surface area contributed by atoms with Crippen LogP contribution in [0.5, 0.6) is 5.75 Å². The molecule has 1 atom stereocenters. The van der Waals surface area contributed by atoms with Gasteiger partial charge in [0.05, 0.1) is 12.6 Å². The van der Waals surface area contributed by atoms with Crippen molar-refractivity contribution in [2.75, 3.05) is 7.11 Å². The fourth-order valence-electron chi connectivity index (χ4n) is 2.07. The largest absolute Gasteiger partial charge is 0.496 e. The lowest BCUT2D eigenvalue weighted by molar-refractivity contribution is 0.398. The van der Waals surface area contributed by atoms with E-state index in [1.807, 2.05) is 44.3 Å². The fourth-order valence-corrected chi connectivity index (χ4v) is 2.07. The third kappa shape index (κ3) is 2.22. The number of pyridine rings is 1. The molecule has 0 aliphatic heterocycles. The molecule has 0 radical (unpaired) electrons. The average Bonchev–Trinajstić information content (AvgIpc) is 2.38. The summed E-state index contributed by atoms with van der Waals surface area (Å²) in [6, 6.07) is 9.86. The second-order valence-corrected chi connectivity index (χ2v) is 4.65. The first kappa shape index (κ1) is 12.6. The fraction of sp³-hybridized carbons (Fsp3) is 0.267. The van der Waals surface area contributed by atoms with E-state index < -0.39 is 5.54 Å². The number of rotatable bonds is 3. The molecule has 0 spiro atoms. The van der Waals surface area contributed by atoms with Crippen LogP contribution in [0.1, 0.15) is 23.6 Å². The van der Waals surface area contributed by atoms with Crippen LogP contribution in [-0.4, -0.2) is 12.1 Å². The number of hydrogen-bond acceptors (Lipinski definition) is 3. The van der Waals surface area contributed by atoms with E-state index in [-0.39, 0.29) is 0 Å². The number of ether oxygens (including phenoxy) is 1. The third-order valence-electron chi connectivity index (χ3n) is 3.14. The molecule has 0 fully saturated rings. The first-order valence-corrected chi connectivity index (χ1v) is 5.90. The molecule has 2 N–H and O–H groups in total. The molecule has 0 amide bonds. The second-order valence-electron chi connectivity index (χ2n) is 4.65. The summed E-state index contributed by atoms with van der Waals surface area (Å²) >= 11 is 0. The highest BCUT2D eigenvalue weighted by Gasteiger charge is 2.27. The minimum atomic E-state index is -0.619. The molecule has 0 bridgehead atoms. The predicted octanol–water partition coefficient (Wildman–Crippen LogP) is 2.62. The standard InChI is InChI=1S/C15H18N2O/c1-11-8-12(10-17-9-11)15(2,16)13-6-4-5-7-14(13)18-3/h4-10H,16H2,1-3H3. The highest BCUT2D eigenvalue weighted by Crippen LogP contribution is 2.32. The van der Waals surface area contributed by atoms with Gasteiger partial charge in [-0.05, 0) is 31.0 Å².